The molecule has 3 aliphatic heterocycles. The van der Waals surface area contributed by atoms with Crippen molar-refractivity contribution in [3.8, 4) is 0 Å². The van der Waals surface area contributed by atoms with Gasteiger partial charge in [-0.1, -0.05) is 0 Å². The highest BCUT2D eigenvalue weighted by Gasteiger charge is 2.22. The highest BCUT2D eigenvalue weighted by Crippen LogP contribution is 2.26. The number of nitrogens with zero attached hydrogens (tertiary/aromatic N) is 7. The van der Waals surface area contributed by atoms with Crippen molar-refractivity contribution in [2.75, 3.05) is 51.2 Å². The maximum Gasteiger partial charge on any atom is 0.185 e. The van der Waals surface area contributed by atoms with Gasteiger partial charge in [0.2, 0.25) is 0 Å². The molecule has 3 aliphatic rings. The summed E-state index contributed by atoms with van der Waals surface area (Å²) < 4.78 is 0. The van der Waals surface area contributed by atoms with Crippen molar-refractivity contribution in [2.24, 2.45) is 4.99 Å². The number of thiazole rings is 1. The van der Waals surface area contributed by atoms with Crippen LogP contribution in [0.15, 0.2) is 17.4 Å². The number of hydrogen-bond acceptors (Lipinski definition) is 8. The molecule has 1 fully saturated rings. The number of anilines is 1. The second-order valence-electron chi connectivity index (χ2n) is 8.31. The normalized spacial score (nSPS) is 21.1. The lowest BCUT2D eigenvalue weighted by Crippen LogP contribution is -2.44. The smallest absolute Gasteiger partial charge is 0.185 e. The van der Waals surface area contributed by atoms with Crippen molar-refractivity contribution in [1.82, 2.24) is 24.8 Å². The molecule has 0 amide bonds. The summed E-state index contributed by atoms with van der Waals surface area (Å²) in [7, 11) is 2.19. The Hall–Kier alpha value is -1.90. The molecule has 5 heterocycles. The van der Waals surface area contributed by atoms with Gasteiger partial charge in [-0.25, -0.2) is 15.0 Å². The van der Waals surface area contributed by atoms with Gasteiger partial charge in [0.25, 0.3) is 0 Å². The van der Waals surface area contributed by atoms with Gasteiger partial charge in [-0.2, -0.15) is 0 Å². The van der Waals surface area contributed by atoms with Crippen LogP contribution >= 0.6 is 11.3 Å². The molecular formula is C21H29N7S. The summed E-state index contributed by atoms with van der Waals surface area (Å²) in [6.45, 7) is 8.23. The molecule has 29 heavy (non-hydrogen) atoms. The van der Waals surface area contributed by atoms with E-state index in [1.165, 1.54) is 34.1 Å². The summed E-state index contributed by atoms with van der Waals surface area (Å²) in [6, 6.07) is 0. The first kappa shape index (κ1) is 19.1. The molecule has 0 aromatic carbocycles. The van der Waals surface area contributed by atoms with Crippen molar-refractivity contribution >= 4 is 22.2 Å². The van der Waals surface area contributed by atoms with E-state index in [1.807, 2.05) is 17.5 Å². The van der Waals surface area contributed by atoms with E-state index in [9.17, 15) is 0 Å². The van der Waals surface area contributed by atoms with Crippen molar-refractivity contribution in [2.45, 2.75) is 38.8 Å². The fourth-order valence-corrected chi connectivity index (χ4v) is 5.27. The summed E-state index contributed by atoms with van der Waals surface area (Å²) in [6.07, 6.45) is 8.50. The monoisotopic (exact) mass is 411 g/mol. The maximum absolute atomic E-state index is 4.86. The number of aliphatic imine (C=N–C) groups is 1. The first-order chi connectivity index (χ1) is 14.2. The zero-order valence-corrected chi connectivity index (χ0v) is 18.0. The van der Waals surface area contributed by atoms with E-state index in [0.29, 0.717) is 0 Å². The van der Waals surface area contributed by atoms with Crippen LogP contribution in [0, 0.1) is 0 Å². The van der Waals surface area contributed by atoms with E-state index in [1.54, 1.807) is 0 Å². The minimum Gasteiger partial charge on any atom is -0.346 e. The molecule has 0 aliphatic carbocycles. The molecule has 0 atom stereocenters. The molecule has 154 valence electrons. The highest BCUT2D eigenvalue weighted by molar-refractivity contribution is 7.15. The molecule has 0 N–H and O–H groups in total. The van der Waals surface area contributed by atoms with E-state index in [-0.39, 0.29) is 0 Å². The SMILES string of the molecule is CN1CCN(c2ncc(CN3CCc4nc(C5=NCCCC5)ncc4C3)s2)CC1. The largest absolute Gasteiger partial charge is 0.346 e. The molecule has 5 rings (SSSR count). The van der Waals surface area contributed by atoms with Crippen LogP contribution in [0.1, 0.15) is 41.2 Å². The predicted octanol–water partition coefficient (Wildman–Crippen LogP) is 2.22. The fourth-order valence-electron chi connectivity index (χ4n) is 4.26. The average Bonchev–Trinajstić information content (AvgIpc) is 3.23. The molecule has 0 spiro atoms. The summed E-state index contributed by atoms with van der Waals surface area (Å²) in [5.41, 5.74) is 3.57. The zero-order valence-electron chi connectivity index (χ0n) is 17.2. The Labute approximate surface area is 176 Å². The lowest BCUT2D eigenvalue weighted by molar-refractivity contribution is 0.245. The summed E-state index contributed by atoms with van der Waals surface area (Å²) in [5.74, 6) is 0.858. The molecule has 0 radical (unpaired) electrons. The summed E-state index contributed by atoms with van der Waals surface area (Å²) in [4.78, 5) is 27.5. The molecule has 7 nitrogen and oxygen atoms in total. The molecule has 8 heteroatoms. The minimum atomic E-state index is 0.858. The van der Waals surface area contributed by atoms with Crippen LogP contribution in [-0.4, -0.2) is 76.8 Å². The number of rotatable bonds is 4. The van der Waals surface area contributed by atoms with E-state index >= 15 is 0 Å². The number of likely N-dealkylation sites (N-methyl/N-ethyl adjacent to an activating group) is 1. The second kappa shape index (κ2) is 8.45. The van der Waals surface area contributed by atoms with Gasteiger partial charge in [-0.15, -0.1) is 11.3 Å². The number of aromatic nitrogens is 3. The van der Waals surface area contributed by atoms with Crippen molar-refractivity contribution in [3.63, 3.8) is 0 Å². The van der Waals surface area contributed by atoms with E-state index < -0.39 is 0 Å². The molecule has 0 unspecified atom stereocenters. The first-order valence-corrected chi connectivity index (χ1v) is 11.6. The van der Waals surface area contributed by atoms with Gasteiger partial charge in [0, 0.05) is 81.6 Å². The fraction of sp³-hybridized carbons (Fsp3) is 0.619. The van der Waals surface area contributed by atoms with Crippen LogP contribution < -0.4 is 4.90 Å². The second-order valence-corrected chi connectivity index (χ2v) is 9.40. The van der Waals surface area contributed by atoms with Crippen LogP contribution in [-0.2, 0) is 19.5 Å². The lowest BCUT2D eigenvalue weighted by atomic mass is 10.1. The topological polar surface area (TPSA) is 60.8 Å². The Bertz CT molecular complexity index is 885. The quantitative estimate of drug-likeness (QED) is 0.769. The van der Waals surface area contributed by atoms with Gasteiger partial charge in [0.15, 0.2) is 11.0 Å². The molecule has 0 bridgehead atoms. The Morgan fingerprint density at radius 1 is 1.00 bits per heavy atom. The molecular weight excluding hydrogens is 382 g/mol. The van der Waals surface area contributed by atoms with Gasteiger partial charge >= 0.3 is 0 Å². The van der Waals surface area contributed by atoms with Crippen molar-refractivity contribution < 1.29 is 0 Å². The van der Waals surface area contributed by atoms with Crippen LogP contribution in [0.2, 0.25) is 0 Å². The third kappa shape index (κ3) is 4.34. The van der Waals surface area contributed by atoms with Crippen LogP contribution in [0.4, 0.5) is 5.13 Å². The summed E-state index contributed by atoms with van der Waals surface area (Å²) >= 11 is 1.84. The Balaban J connectivity index is 1.22. The van der Waals surface area contributed by atoms with Crippen molar-refractivity contribution in [3.05, 3.63) is 34.4 Å². The minimum absolute atomic E-state index is 0.858. The molecule has 0 saturated carbocycles. The third-order valence-corrected chi connectivity index (χ3v) is 7.13. The highest BCUT2D eigenvalue weighted by atomic mass is 32.1. The van der Waals surface area contributed by atoms with Gasteiger partial charge < -0.3 is 9.80 Å². The first-order valence-electron chi connectivity index (χ1n) is 10.7. The Morgan fingerprint density at radius 3 is 2.72 bits per heavy atom. The van der Waals surface area contributed by atoms with Crippen LogP contribution in [0.3, 0.4) is 0 Å². The van der Waals surface area contributed by atoms with E-state index in [2.05, 4.69) is 37.9 Å². The maximum atomic E-state index is 4.86. The Morgan fingerprint density at radius 2 is 1.90 bits per heavy atom. The van der Waals surface area contributed by atoms with Crippen LogP contribution in [0.25, 0.3) is 0 Å². The van der Waals surface area contributed by atoms with E-state index in [0.717, 1.165) is 76.7 Å². The van der Waals surface area contributed by atoms with E-state index in [4.69, 9.17) is 9.97 Å². The standard InChI is InChI=1S/C21H29N7S/c1-26-8-10-28(11-9-26)21-24-13-17(29-21)15-27-7-5-18-16(14-27)12-23-20(25-18)19-4-2-3-6-22-19/h12-13H,2-11,14-15H2,1H3. The van der Waals surface area contributed by atoms with Crippen LogP contribution in [0.5, 0.6) is 0 Å². The zero-order chi connectivity index (χ0) is 19.6. The van der Waals surface area contributed by atoms with Crippen molar-refractivity contribution in [1.29, 1.82) is 0 Å². The average molecular weight is 412 g/mol. The lowest BCUT2D eigenvalue weighted by Gasteiger charge is -2.32. The summed E-state index contributed by atoms with van der Waals surface area (Å²) in [5, 5.41) is 1.17. The molecule has 2 aromatic heterocycles. The van der Waals surface area contributed by atoms with Gasteiger partial charge in [-0.05, 0) is 26.3 Å². The molecule has 2 aromatic rings. The van der Waals surface area contributed by atoms with Gasteiger partial charge in [-0.3, -0.25) is 9.89 Å². The van der Waals surface area contributed by atoms with Gasteiger partial charge in [0.05, 0.1) is 11.4 Å². The number of hydrogen-bond donors (Lipinski definition) is 0. The number of piperazine rings is 1. The number of fused-ring (bicyclic) bond motifs is 1. The Kier molecular flexibility index (Phi) is 5.56. The predicted molar refractivity (Wildman–Crippen MR) is 117 cm³/mol. The molecule has 1 saturated heterocycles. The van der Waals surface area contributed by atoms with Gasteiger partial charge in [0.1, 0.15) is 0 Å². The third-order valence-electron chi connectivity index (χ3n) is 6.09.